The minimum Gasteiger partial charge on any atom is -0.392 e. The van der Waals surface area contributed by atoms with Gasteiger partial charge in [0.1, 0.15) is 0 Å². The van der Waals surface area contributed by atoms with Crippen molar-refractivity contribution in [3.63, 3.8) is 0 Å². The SMILES string of the molecule is C=CC(C)(O)CC/C=C(\CO)CC(O)C=C(C)C. The zero-order valence-corrected chi connectivity index (χ0v) is 11.7. The molecule has 0 aromatic carbocycles. The van der Waals surface area contributed by atoms with E-state index in [-0.39, 0.29) is 6.61 Å². The molecule has 18 heavy (non-hydrogen) atoms. The van der Waals surface area contributed by atoms with Gasteiger partial charge in [0.05, 0.1) is 18.3 Å². The molecule has 0 rings (SSSR count). The quantitative estimate of drug-likeness (QED) is 0.583. The van der Waals surface area contributed by atoms with Crippen LogP contribution in [0.3, 0.4) is 0 Å². The Hall–Kier alpha value is -0.900. The number of hydrogen-bond donors (Lipinski definition) is 3. The average molecular weight is 254 g/mol. The fourth-order valence-electron chi connectivity index (χ4n) is 1.60. The molecule has 0 aliphatic rings. The van der Waals surface area contributed by atoms with Gasteiger partial charge >= 0.3 is 0 Å². The van der Waals surface area contributed by atoms with Gasteiger partial charge in [0.15, 0.2) is 0 Å². The first kappa shape index (κ1) is 17.1. The predicted octanol–water partition coefficient (Wildman–Crippen LogP) is 2.34. The molecule has 3 heteroatoms. The van der Waals surface area contributed by atoms with Gasteiger partial charge in [-0.3, -0.25) is 0 Å². The highest BCUT2D eigenvalue weighted by atomic mass is 16.3. The van der Waals surface area contributed by atoms with Crippen molar-refractivity contribution >= 4 is 0 Å². The summed E-state index contributed by atoms with van der Waals surface area (Å²) in [4.78, 5) is 0. The van der Waals surface area contributed by atoms with E-state index in [0.29, 0.717) is 19.3 Å². The average Bonchev–Trinajstić information content (AvgIpc) is 2.26. The van der Waals surface area contributed by atoms with E-state index in [1.807, 2.05) is 19.9 Å². The monoisotopic (exact) mass is 254 g/mol. The summed E-state index contributed by atoms with van der Waals surface area (Å²) in [6.07, 6.45) is 6.22. The summed E-state index contributed by atoms with van der Waals surface area (Å²) in [5, 5.41) is 28.7. The van der Waals surface area contributed by atoms with Crippen molar-refractivity contribution in [1.82, 2.24) is 0 Å². The number of aliphatic hydroxyl groups excluding tert-OH is 2. The van der Waals surface area contributed by atoms with Crippen molar-refractivity contribution in [2.24, 2.45) is 0 Å². The Kier molecular flexibility index (Phi) is 7.83. The number of hydrogen-bond acceptors (Lipinski definition) is 3. The molecule has 104 valence electrons. The lowest BCUT2D eigenvalue weighted by atomic mass is 9.98. The van der Waals surface area contributed by atoms with Gasteiger partial charge in [0, 0.05) is 6.42 Å². The zero-order chi connectivity index (χ0) is 14.2. The van der Waals surface area contributed by atoms with Crippen LogP contribution in [-0.2, 0) is 0 Å². The van der Waals surface area contributed by atoms with Crippen molar-refractivity contribution in [2.45, 2.75) is 51.7 Å². The molecular weight excluding hydrogens is 228 g/mol. The Labute approximate surface area is 110 Å². The Morgan fingerprint density at radius 2 is 2.00 bits per heavy atom. The molecule has 0 saturated carbocycles. The Morgan fingerprint density at radius 3 is 2.44 bits per heavy atom. The molecule has 0 radical (unpaired) electrons. The lowest BCUT2D eigenvalue weighted by Gasteiger charge is -2.17. The maximum Gasteiger partial charge on any atom is 0.0800 e. The van der Waals surface area contributed by atoms with Gasteiger partial charge in [-0.05, 0) is 39.2 Å². The molecule has 0 fully saturated rings. The van der Waals surface area contributed by atoms with Crippen LogP contribution >= 0.6 is 0 Å². The first-order valence-corrected chi connectivity index (χ1v) is 6.28. The molecule has 0 aliphatic heterocycles. The third kappa shape index (κ3) is 8.23. The molecule has 3 nitrogen and oxygen atoms in total. The van der Waals surface area contributed by atoms with Crippen LogP contribution in [0.1, 0.15) is 40.0 Å². The summed E-state index contributed by atoms with van der Waals surface area (Å²) in [5.74, 6) is 0. The van der Waals surface area contributed by atoms with Crippen LogP contribution in [0.2, 0.25) is 0 Å². The highest BCUT2D eigenvalue weighted by Gasteiger charge is 2.13. The van der Waals surface area contributed by atoms with Crippen LogP contribution in [0.4, 0.5) is 0 Å². The molecule has 0 saturated heterocycles. The highest BCUT2D eigenvalue weighted by molar-refractivity contribution is 5.09. The molecule has 0 spiro atoms. The predicted molar refractivity (Wildman–Crippen MR) is 75.3 cm³/mol. The maximum absolute atomic E-state index is 9.74. The van der Waals surface area contributed by atoms with E-state index < -0.39 is 11.7 Å². The van der Waals surface area contributed by atoms with Crippen LogP contribution in [0.5, 0.6) is 0 Å². The molecule has 0 aromatic rings. The lowest BCUT2D eigenvalue weighted by Crippen LogP contribution is -2.19. The van der Waals surface area contributed by atoms with E-state index in [1.54, 1.807) is 13.0 Å². The number of aliphatic hydroxyl groups is 3. The molecule has 3 N–H and O–H groups in total. The van der Waals surface area contributed by atoms with Gasteiger partial charge in [-0.15, -0.1) is 6.58 Å². The van der Waals surface area contributed by atoms with E-state index in [1.165, 1.54) is 6.08 Å². The highest BCUT2D eigenvalue weighted by Crippen LogP contribution is 2.16. The third-order valence-electron chi connectivity index (χ3n) is 2.72. The van der Waals surface area contributed by atoms with Gasteiger partial charge < -0.3 is 15.3 Å². The van der Waals surface area contributed by atoms with E-state index in [4.69, 9.17) is 0 Å². The van der Waals surface area contributed by atoms with Crippen LogP contribution < -0.4 is 0 Å². The minimum atomic E-state index is -0.879. The molecule has 2 atom stereocenters. The van der Waals surface area contributed by atoms with Crippen molar-refractivity contribution < 1.29 is 15.3 Å². The van der Waals surface area contributed by atoms with Crippen molar-refractivity contribution in [3.8, 4) is 0 Å². The first-order chi connectivity index (χ1) is 8.30. The Morgan fingerprint density at radius 1 is 1.39 bits per heavy atom. The fourth-order valence-corrected chi connectivity index (χ4v) is 1.60. The maximum atomic E-state index is 9.74. The van der Waals surface area contributed by atoms with Crippen molar-refractivity contribution in [2.75, 3.05) is 6.61 Å². The molecule has 2 unspecified atom stereocenters. The second kappa shape index (κ2) is 8.25. The van der Waals surface area contributed by atoms with Crippen LogP contribution in [-0.4, -0.2) is 33.6 Å². The molecule has 0 bridgehead atoms. The number of rotatable bonds is 8. The Bertz CT molecular complexity index is 310. The van der Waals surface area contributed by atoms with Gasteiger partial charge in [-0.1, -0.05) is 23.8 Å². The Balaban J connectivity index is 4.33. The van der Waals surface area contributed by atoms with Gasteiger partial charge in [0.2, 0.25) is 0 Å². The minimum absolute atomic E-state index is 0.0656. The van der Waals surface area contributed by atoms with E-state index in [9.17, 15) is 15.3 Å². The summed E-state index contributed by atoms with van der Waals surface area (Å²) < 4.78 is 0. The largest absolute Gasteiger partial charge is 0.392 e. The van der Waals surface area contributed by atoms with E-state index >= 15 is 0 Å². The summed E-state index contributed by atoms with van der Waals surface area (Å²) in [6.45, 7) is 9.04. The topological polar surface area (TPSA) is 60.7 Å². The van der Waals surface area contributed by atoms with Gasteiger partial charge in [-0.25, -0.2) is 0 Å². The fraction of sp³-hybridized carbons (Fsp3) is 0.600. The van der Waals surface area contributed by atoms with Crippen LogP contribution in [0.25, 0.3) is 0 Å². The van der Waals surface area contributed by atoms with Crippen molar-refractivity contribution in [1.29, 1.82) is 0 Å². The summed E-state index contributed by atoms with van der Waals surface area (Å²) in [6, 6.07) is 0. The van der Waals surface area contributed by atoms with Gasteiger partial charge in [0.25, 0.3) is 0 Å². The molecular formula is C15H26O3. The summed E-state index contributed by atoms with van der Waals surface area (Å²) >= 11 is 0. The molecule has 0 heterocycles. The molecule has 0 amide bonds. The first-order valence-electron chi connectivity index (χ1n) is 6.28. The second-order valence-electron chi connectivity index (χ2n) is 5.14. The van der Waals surface area contributed by atoms with Gasteiger partial charge in [-0.2, -0.15) is 0 Å². The van der Waals surface area contributed by atoms with Crippen molar-refractivity contribution in [3.05, 3.63) is 36.0 Å². The molecule has 0 aromatic heterocycles. The zero-order valence-electron chi connectivity index (χ0n) is 11.7. The van der Waals surface area contributed by atoms with E-state index in [0.717, 1.165) is 11.1 Å². The summed E-state index contributed by atoms with van der Waals surface area (Å²) in [7, 11) is 0. The van der Waals surface area contributed by atoms with Crippen LogP contribution in [0.15, 0.2) is 36.0 Å². The smallest absolute Gasteiger partial charge is 0.0800 e. The number of allylic oxidation sites excluding steroid dienone is 2. The standard InChI is InChI=1S/C15H26O3/c1-5-15(4,18)8-6-7-13(11-16)10-14(17)9-12(2)3/h5,7,9,14,16-18H,1,6,8,10-11H2,2-4H3/b13-7-. The molecule has 0 aliphatic carbocycles. The lowest BCUT2D eigenvalue weighted by molar-refractivity contribution is 0.103. The normalized spacial score (nSPS) is 16.9. The van der Waals surface area contributed by atoms with E-state index in [2.05, 4.69) is 6.58 Å². The summed E-state index contributed by atoms with van der Waals surface area (Å²) in [5.41, 5.74) is 0.963. The third-order valence-corrected chi connectivity index (χ3v) is 2.72. The second-order valence-corrected chi connectivity index (χ2v) is 5.14. The van der Waals surface area contributed by atoms with Crippen LogP contribution in [0, 0.1) is 0 Å².